The lowest BCUT2D eigenvalue weighted by Crippen LogP contribution is -2.14. The maximum Gasteiger partial charge on any atom is 0.416 e. The maximum atomic E-state index is 12.9. The molecule has 0 aliphatic rings. The fourth-order valence-electron chi connectivity index (χ4n) is 3.44. The molecule has 0 unspecified atom stereocenters. The first-order chi connectivity index (χ1) is 13.6. The van der Waals surface area contributed by atoms with Crippen molar-refractivity contribution in [2.75, 3.05) is 0 Å². The van der Waals surface area contributed by atoms with E-state index in [0.29, 0.717) is 23.3 Å². The van der Waals surface area contributed by atoms with Crippen LogP contribution < -0.4 is 5.73 Å². The molecule has 2 N–H and O–H groups in total. The number of alkyl halides is 3. The molecule has 148 valence electrons. The second-order valence-electron chi connectivity index (χ2n) is 6.92. The number of carbonyl (C=O) groups excluding carboxylic acids is 1. The van der Waals surface area contributed by atoms with Crippen molar-refractivity contribution in [3.05, 3.63) is 71.9 Å². The molecule has 5 nitrogen and oxygen atoms in total. The quantitative estimate of drug-likeness (QED) is 0.526. The molecule has 4 aromatic rings. The SMILES string of the molecule is C=C(Cc1ccc2c(c1)c1cn(C)nc1n2-c1ccc(C(F)(F)F)cc1)C(N)=O. The van der Waals surface area contributed by atoms with Crippen LogP contribution in [0.1, 0.15) is 11.1 Å². The van der Waals surface area contributed by atoms with Crippen LogP contribution in [0.2, 0.25) is 0 Å². The molecule has 0 atom stereocenters. The van der Waals surface area contributed by atoms with E-state index in [4.69, 9.17) is 5.73 Å². The summed E-state index contributed by atoms with van der Waals surface area (Å²) in [4.78, 5) is 11.3. The number of halogens is 3. The van der Waals surface area contributed by atoms with Gasteiger partial charge in [0.05, 0.1) is 11.1 Å². The van der Waals surface area contributed by atoms with E-state index in [1.165, 1.54) is 12.1 Å². The van der Waals surface area contributed by atoms with E-state index < -0.39 is 17.6 Å². The van der Waals surface area contributed by atoms with Crippen molar-refractivity contribution in [1.29, 1.82) is 0 Å². The van der Waals surface area contributed by atoms with Crippen LogP contribution in [0, 0.1) is 0 Å². The number of nitrogens with zero attached hydrogens (tertiary/aromatic N) is 3. The summed E-state index contributed by atoms with van der Waals surface area (Å²) in [6.07, 6.45) is -2.22. The van der Waals surface area contributed by atoms with Crippen LogP contribution >= 0.6 is 0 Å². The average molecular weight is 398 g/mol. The zero-order chi connectivity index (χ0) is 20.9. The van der Waals surface area contributed by atoms with Crippen LogP contribution in [0.5, 0.6) is 0 Å². The highest BCUT2D eigenvalue weighted by atomic mass is 19.4. The Labute approximate surface area is 163 Å². The standard InChI is InChI=1S/C21H17F3N4O/c1-12(19(25)29)9-13-3-8-18-16(10-13)17-11-27(2)26-20(17)28(18)15-6-4-14(5-7-15)21(22,23)24/h3-8,10-11H,1,9H2,2H3,(H2,25,29). The first-order valence-corrected chi connectivity index (χ1v) is 8.77. The van der Waals surface area contributed by atoms with Crippen molar-refractivity contribution in [3.63, 3.8) is 0 Å². The van der Waals surface area contributed by atoms with Gasteiger partial charge >= 0.3 is 6.18 Å². The van der Waals surface area contributed by atoms with Crippen LogP contribution in [0.4, 0.5) is 13.2 Å². The normalized spacial score (nSPS) is 12.0. The monoisotopic (exact) mass is 398 g/mol. The molecule has 2 heterocycles. The fraction of sp³-hybridized carbons (Fsp3) is 0.143. The minimum absolute atomic E-state index is 0.300. The number of fused-ring (bicyclic) bond motifs is 3. The molecule has 0 radical (unpaired) electrons. The highest BCUT2D eigenvalue weighted by molar-refractivity contribution is 6.08. The number of benzene rings is 2. The van der Waals surface area contributed by atoms with Crippen molar-refractivity contribution in [3.8, 4) is 5.69 Å². The Morgan fingerprint density at radius 3 is 2.45 bits per heavy atom. The van der Waals surface area contributed by atoms with Gasteiger partial charge in [0.25, 0.3) is 0 Å². The average Bonchev–Trinajstić information content (AvgIpc) is 3.16. The lowest BCUT2D eigenvalue weighted by Gasteiger charge is -2.10. The van der Waals surface area contributed by atoms with Crippen LogP contribution in [-0.4, -0.2) is 20.3 Å². The van der Waals surface area contributed by atoms with E-state index in [0.717, 1.165) is 34.0 Å². The second-order valence-corrected chi connectivity index (χ2v) is 6.92. The summed E-state index contributed by atoms with van der Waals surface area (Å²) in [5.74, 6) is -0.557. The molecule has 0 spiro atoms. The number of hydrogen-bond acceptors (Lipinski definition) is 2. The Morgan fingerprint density at radius 2 is 1.83 bits per heavy atom. The molecule has 0 saturated heterocycles. The largest absolute Gasteiger partial charge is 0.416 e. The second kappa shape index (κ2) is 6.51. The van der Waals surface area contributed by atoms with E-state index in [-0.39, 0.29) is 0 Å². The third-order valence-electron chi connectivity index (χ3n) is 4.83. The van der Waals surface area contributed by atoms with Gasteiger partial charge in [-0.1, -0.05) is 12.6 Å². The summed E-state index contributed by atoms with van der Waals surface area (Å²) in [5.41, 5.74) is 7.74. The molecule has 0 bridgehead atoms. The Morgan fingerprint density at radius 1 is 1.14 bits per heavy atom. The maximum absolute atomic E-state index is 12.9. The third kappa shape index (κ3) is 3.26. The van der Waals surface area contributed by atoms with Gasteiger partial charge in [-0.2, -0.15) is 18.3 Å². The lowest BCUT2D eigenvalue weighted by atomic mass is 10.0. The molecule has 2 aromatic carbocycles. The molecular formula is C21H17F3N4O. The number of amides is 1. The number of primary amides is 1. The molecule has 0 fully saturated rings. The van der Waals surface area contributed by atoms with E-state index in [2.05, 4.69) is 11.7 Å². The number of aromatic nitrogens is 3. The summed E-state index contributed by atoms with van der Waals surface area (Å²) in [7, 11) is 1.78. The third-order valence-corrected chi connectivity index (χ3v) is 4.83. The van der Waals surface area contributed by atoms with E-state index in [9.17, 15) is 18.0 Å². The molecule has 29 heavy (non-hydrogen) atoms. The van der Waals surface area contributed by atoms with E-state index >= 15 is 0 Å². The number of rotatable bonds is 4. The Kier molecular flexibility index (Phi) is 4.22. The van der Waals surface area contributed by atoms with Crippen molar-refractivity contribution in [2.24, 2.45) is 12.8 Å². The first kappa shape index (κ1) is 18.8. The molecule has 4 rings (SSSR count). The molecular weight excluding hydrogens is 381 g/mol. The Hall–Kier alpha value is -3.55. The lowest BCUT2D eigenvalue weighted by molar-refractivity contribution is -0.137. The van der Waals surface area contributed by atoms with Crippen LogP contribution in [-0.2, 0) is 24.4 Å². The zero-order valence-electron chi connectivity index (χ0n) is 15.5. The summed E-state index contributed by atoms with van der Waals surface area (Å²) in [6, 6.07) is 10.6. The van der Waals surface area contributed by atoms with Gasteiger partial charge in [-0.3, -0.25) is 14.0 Å². The minimum Gasteiger partial charge on any atom is -0.366 e. The minimum atomic E-state index is -4.39. The predicted octanol–water partition coefficient (Wildman–Crippen LogP) is 4.12. The first-order valence-electron chi connectivity index (χ1n) is 8.77. The van der Waals surface area contributed by atoms with Gasteiger partial charge < -0.3 is 5.73 Å². The summed E-state index contributed by atoms with van der Waals surface area (Å²) in [5, 5.41) is 6.22. The van der Waals surface area contributed by atoms with E-state index in [1.807, 2.05) is 29.0 Å². The number of hydrogen-bond donors (Lipinski definition) is 1. The molecule has 0 aliphatic heterocycles. The fourth-order valence-corrected chi connectivity index (χ4v) is 3.44. The van der Waals surface area contributed by atoms with Crippen LogP contribution in [0.15, 0.2) is 60.8 Å². The van der Waals surface area contributed by atoms with E-state index in [1.54, 1.807) is 11.7 Å². The molecule has 1 amide bonds. The van der Waals surface area contributed by atoms with Crippen molar-refractivity contribution in [2.45, 2.75) is 12.6 Å². The van der Waals surface area contributed by atoms with Gasteiger partial charge in [-0.15, -0.1) is 0 Å². The molecule has 8 heteroatoms. The Balaban J connectivity index is 1.89. The smallest absolute Gasteiger partial charge is 0.366 e. The number of carbonyl (C=O) groups is 1. The summed E-state index contributed by atoms with van der Waals surface area (Å²) < 4.78 is 42.2. The number of nitrogens with two attached hydrogens (primary N) is 1. The number of aryl methyl sites for hydroxylation is 1. The highest BCUT2D eigenvalue weighted by Crippen LogP contribution is 2.34. The summed E-state index contributed by atoms with van der Waals surface area (Å²) >= 11 is 0. The van der Waals surface area contributed by atoms with Gasteiger partial charge in [0, 0.05) is 41.7 Å². The van der Waals surface area contributed by atoms with Gasteiger partial charge in [-0.25, -0.2) is 0 Å². The molecule has 0 aliphatic carbocycles. The van der Waals surface area contributed by atoms with Crippen LogP contribution in [0.25, 0.3) is 27.6 Å². The van der Waals surface area contributed by atoms with Gasteiger partial charge in [0.15, 0.2) is 5.65 Å². The molecule has 0 saturated carbocycles. The molecule has 2 aromatic heterocycles. The van der Waals surface area contributed by atoms with Crippen LogP contribution in [0.3, 0.4) is 0 Å². The van der Waals surface area contributed by atoms with Gasteiger partial charge in [0.2, 0.25) is 5.91 Å². The summed E-state index contributed by atoms with van der Waals surface area (Å²) in [6.45, 7) is 3.69. The van der Waals surface area contributed by atoms with Gasteiger partial charge in [-0.05, 0) is 42.0 Å². The highest BCUT2D eigenvalue weighted by Gasteiger charge is 2.30. The van der Waals surface area contributed by atoms with Crippen molar-refractivity contribution < 1.29 is 18.0 Å². The topological polar surface area (TPSA) is 65.8 Å². The Bertz CT molecular complexity index is 1260. The van der Waals surface area contributed by atoms with Crippen molar-refractivity contribution in [1.82, 2.24) is 14.3 Å². The van der Waals surface area contributed by atoms with Crippen molar-refractivity contribution >= 4 is 27.8 Å². The predicted molar refractivity (Wildman–Crippen MR) is 105 cm³/mol. The van der Waals surface area contributed by atoms with Gasteiger partial charge in [0.1, 0.15) is 0 Å². The zero-order valence-corrected chi connectivity index (χ0v) is 15.5.